The predicted octanol–water partition coefficient (Wildman–Crippen LogP) is 2.65. The molecule has 2 aromatic rings. The summed E-state index contributed by atoms with van der Waals surface area (Å²) in [6.45, 7) is 2.13. The van der Waals surface area contributed by atoms with Gasteiger partial charge in [0.15, 0.2) is 0 Å². The third kappa shape index (κ3) is 5.20. The quantitative estimate of drug-likeness (QED) is 0.762. The fraction of sp³-hybridized carbons (Fsp3) is 0.400. The summed E-state index contributed by atoms with van der Waals surface area (Å²) in [5.41, 5.74) is 2.50. The van der Waals surface area contributed by atoms with Gasteiger partial charge in [-0.25, -0.2) is 0 Å². The molecule has 1 atom stereocenters. The summed E-state index contributed by atoms with van der Waals surface area (Å²) in [4.78, 5) is 16.5. The fourth-order valence-corrected chi connectivity index (χ4v) is 2.95. The molecule has 1 amide bonds. The predicted molar refractivity (Wildman–Crippen MR) is 101 cm³/mol. The molecule has 1 aliphatic rings. The smallest absolute Gasteiger partial charge is 0.252 e. The van der Waals surface area contributed by atoms with Crippen molar-refractivity contribution in [2.45, 2.75) is 25.4 Å². The maximum Gasteiger partial charge on any atom is 0.252 e. The number of hydrogen-bond acceptors (Lipinski definition) is 5. The summed E-state index contributed by atoms with van der Waals surface area (Å²) in [5.74, 6) is 0.698. The molecule has 1 fully saturated rings. The second-order valence-electron chi connectivity index (χ2n) is 6.34. The van der Waals surface area contributed by atoms with Crippen molar-refractivity contribution >= 4 is 11.6 Å². The van der Waals surface area contributed by atoms with E-state index in [0.29, 0.717) is 12.1 Å². The van der Waals surface area contributed by atoms with E-state index in [4.69, 9.17) is 9.47 Å². The first kappa shape index (κ1) is 18.2. The van der Waals surface area contributed by atoms with Crippen LogP contribution in [0.1, 0.15) is 28.8 Å². The van der Waals surface area contributed by atoms with E-state index in [0.717, 1.165) is 49.4 Å². The monoisotopic (exact) mass is 355 g/mol. The highest BCUT2D eigenvalue weighted by Gasteiger charge is 2.15. The summed E-state index contributed by atoms with van der Waals surface area (Å²) in [5, 5.41) is 6.23. The van der Waals surface area contributed by atoms with Gasteiger partial charge in [-0.15, -0.1) is 0 Å². The maximum absolute atomic E-state index is 12.3. The number of amides is 1. The molecule has 3 rings (SSSR count). The average molecular weight is 355 g/mol. The lowest BCUT2D eigenvalue weighted by atomic mass is 10.1. The molecule has 0 spiro atoms. The standard InChI is InChI=1S/C20H25N3O3/c1-25-18-5-2-4-15(10-18)7-8-22-20(24)16-11-17(13-21-12-16)23-14-19-6-3-9-26-19/h2,4-5,10-13,19,23H,3,6-9,14H2,1H3,(H,22,24). The molecular formula is C20H25N3O3. The minimum absolute atomic E-state index is 0.124. The van der Waals surface area contributed by atoms with Crippen LogP contribution in [0.2, 0.25) is 0 Å². The number of hydrogen-bond donors (Lipinski definition) is 2. The summed E-state index contributed by atoms with van der Waals surface area (Å²) < 4.78 is 10.8. The number of ether oxygens (including phenoxy) is 2. The summed E-state index contributed by atoms with van der Waals surface area (Å²) in [7, 11) is 1.65. The second-order valence-corrected chi connectivity index (χ2v) is 6.34. The number of anilines is 1. The Morgan fingerprint density at radius 2 is 2.27 bits per heavy atom. The van der Waals surface area contributed by atoms with Gasteiger partial charge in [0.2, 0.25) is 0 Å². The molecule has 6 nitrogen and oxygen atoms in total. The Balaban J connectivity index is 1.48. The van der Waals surface area contributed by atoms with Crippen molar-refractivity contribution in [2.24, 2.45) is 0 Å². The van der Waals surface area contributed by atoms with Crippen LogP contribution in [0.3, 0.4) is 0 Å². The Morgan fingerprint density at radius 1 is 1.35 bits per heavy atom. The van der Waals surface area contributed by atoms with E-state index in [1.807, 2.05) is 30.3 Å². The minimum Gasteiger partial charge on any atom is -0.497 e. The minimum atomic E-state index is -0.124. The zero-order chi connectivity index (χ0) is 18.2. The zero-order valence-electron chi connectivity index (χ0n) is 15.0. The molecular weight excluding hydrogens is 330 g/mol. The first-order valence-electron chi connectivity index (χ1n) is 8.96. The summed E-state index contributed by atoms with van der Waals surface area (Å²) in [6, 6.07) is 9.67. The molecule has 138 valence electrons. The third-order valence-corrected chi connectivity index (χ3v) is 4.39. The molecule has 1 saturated heterocycles. The van der Waals surface area contributed by atoms with Crippen molar-refractivity contribution in [3.63, 3.8) is 0 Å². The molecule has 0 aliphatic carbocycles. The largest absolute Gasteiger partial charge is 0.497 e. The molecule has 2 heterocycles. The van der Waals surface area contributed by atoms with Crippen molar-refractivity contribution in [3.05, 3.63) is 53.9 Å². The van der Waals surface area contributed by atoms with E-state index in [1.165, 1.54) is 0 Å². The highest BCUT2D eigenvalue weighted by Crippen LogP contribution is 2.15. The SMILES string of the molecule is COc1cccc(CCNC(=O)c2cncc(NCC3CCCO3)c2)c1. The molecule has 0 radical (unpaired) electrons. The second kappa shape index (κ2) is 9.20. The fourth-order valence-electron chi connectivity index (χ4n) is 2.95. The van der Waals surface area contributed by atoms with Gasteiger partial charge in [-0.05, 0) is 43.0 Å². The number of nitrogens with zero attached hydrogens (tertiary/aromatic N) is 1. The van der Waals surface area contributed by atoms with Crippen LogP contribution in [0.4, 0.5) is 5.69 Å². The van der Waals surface area contributed by atoms with Gasteiger partial charge in [0.1, 0.15) is 5.75 Å². The van der Waals surface area contributed by atoms with Crippen LogP contribution < -0.4 is 15.4 Å². The molecule has 26 heavy (non-hydrogen) atoms. The van der Waals surface area contributed by atoms with E-state index >= 15 is 0 Å². The lowest BCUT2D eigenvalue weighted by molar-refractivity contribution is 0.0954. The van der Waals surface area contributed by atoms with Gasteiger partial charge in [0.05, 0.1) is 24.5 Å². The van der Waals surface area contributed by atoms with Gasteiger partial charge in [-0.3, -0.25) is 9.78 Å². The molecule has 2 N–H and O–H groups in total. The summed E-state index contributed by atoms with van der Waals surface area (Å²) in [6.07, 6.45) is 6.48. The molecule has 0 saturated carbocycles. The van der Waals surface area contributed by atoms with Crippen LogP contribution in [0.5, 0.6) is 5.75 Å². The average Bonchev–Trinajstić information content (AvgIpc) is 3.20. The molecule has 1 unspecified atom stereocenters. The zero-order valence-corrected chi connectivity index (χ0v) is 15.0. The van der Waals surface area contributed by atoms with Gasteiger partial charge in [-0.1, -0.05) is 12.1 Å². The van der Waals surface area contributed by atoms with E-state index in [9.17, 15) is 4.79 Å². The molecule has 6 heteroatoms. The van der Waals surface area contributed by atoms with Gasteiger partial charge in [0.25, 0.3) is 5.91 Å². The van der Waals surface area contributed by atoms with Gasteiger partial charge >= 0.3 is 0 Å². The molecule has 1 aliphatic heterocycles. The van der Waals surface area contributed by atoms with E-state index in [2.05, 4.69) is 15.6 Å². The number of carbonyl (C=O) groups is 1. The Kier molecular flexibility index (Phi) is 6.44. The Bertz CT molecular complexity index is 730. The normalized spacial score (nSPS) is 16.3. The molecule has 0 bridgehead atoms. The van der Waals surface area contributed by atoms with Gasteiger partial charge in [0, 0.05) is 32.1 Å². The van der Waals surface area contributed by atoms with Crippen LogP contribution in [0.15, 0.2) is 42.7 Å². The molecule has 1 aromatic carbocycles. The highest BCUT2D eigenvalue weighted by molar-refractivity contribution is 5.94. The third-order valence-electron chi connectivity index (χ3n) is 4.39. The maximum atomic E-state index is 12.3. The number of rotatable bonds is 8. The number of carbonyl (C=O) groups excluding carboxylic acids is 1. The van der Waals surface area contributed by atoms with Crippen molar-refractivity contribution in [2.75, 3.05) is 32.1 Å². The van der Waals surface area contributed by atoms with Crippen molar-refractivity contribution in [1.29, 1.82) is 0 Å². The Labute approximate surface area is 153 Å². The van der Waals surface area contributed by atoms with E-state index in [-0.39, 0.29) is 12.0 Å². The van der Waals surface area contributed by atoms with Crippen molar-refractivity contribution in [1.82, 2.24) is 10.3 Å². The number of pyridine rings is 1. The van der Waals surface area contributed by atoms with Gasteiger partial charge < -0.3 is 20.1 Å². The first-order chi connectivity index (χ1) is 12.7. The first-order valence-corrected chi connectivity index (χ1v) is 8.96. The number of benzene rings is 1. The van der Waals surface area contributed by atoms with Crippen molar-refractivity contribution < 1.29 is 14.3 Å². The number of nitrogens with one attached hydrogen (secondary N) is 2. The summed E-state index contributed by atoms with van der Waals surface area (Å²) >= 11 is 0. The van der Waals surface area contributed by atoms with Crippen LogP contribution in [0.25, 0.3) is 0 Å². The Hall–Kier alpha value is -2.60. The Morgan fingerprint density at radius 3 is 3.08 bits per heavy atom. The lowest BCUT2D eigenvalue weighted by Gasteiger charge is -2.12. The van der Waals surface area contributed by atoms with Crippen LogP contribution in [0, 0.1) is 0 Å². The molecule has 1 aromatic heterocycles. The number of aromatic nitrogens is 1. The topological polar surface area (TPSA) is 72.5 Å². The van der Waals surface area contributed by atoms with Gasteiger partial charge in [-0.2, -0.15) is 0 Å². The van der Waals surface area contributed by atoms with E-state index < -0.39 is 0 Å². The highest BCUT2D eigenvalue weighted by atomic mass is 16.5. The number of methoxy groups -OCH3 is 1. The van der Waals surface area contributed by atoms with Crippen LogP contribution >= 0.6 is 0 Å². The van der Waals surface area contributed by atoms with Crippen LogP contribution in [-0.2, 0) is 11.2 Å². The van der Waals surface area contributed by atoms with Crippen LogP contribution in [-0.4, -0.2) is 43.8 Å². The van der Waals surface area contributed by atoms with E-state index in [1.54, 1.807) is 19.5 Å². The lowest BCUT2D eigenvalue weighted by Crippen LogP contribution is -2.26. The van der Waals surface area contributed by atoms with Crippen molar-refractivity contribution in [3.8, 4) is 5.75 Å².